The molecule has 586 valence electrons. The molecule has 110 heavy (non-hydrogen) atoms. The number of rotatable bonds is 19. The molecular weight excluding hydrogens is 1500 g/mol. The van der Waals surface area contributed by atoms with Gasteiger partial charge in [0.25, 0.3) is 7.05 Å². The predicted molar refractivity (Wildman–Crippen MR) is 468 cm³/mol. The first-order chi connectivity index (χ1) is 51.9. The van der Waals surface area contributed by atoms with E-state index in [-0.39, 0.29) is 16.0 Å². The highest BCUT2D eigenvalue weighted by atomic mass is 35.5. The molecule has 0 spiro atoms. The average Bonchev–Trinajstić information content (AvgIpc) is 0.758. The fourth-order valence-electron chi connectivity index (χ4n) is 15.1. The predicted octanol–water partition coefficient (Wildman–Crippen LogP) is 18.7. The van der Waals surface area contributed by atoms with E-state index in [4.69, 9.17) is 23.2 Å². The first-order valence-electron chi connectivity index (χ1n) is 38.8. The summed E-state index contributed by atoms with van der Waals surface area (Å²) in [6, 6.07) is 62.2. The van der Waals surface area contributed by atoms with Crippen LogP contribution in [0.4, 0.5) is 34.1 Å². The van der Waals surface area contributed by atoms with E-state index in [1.807, 2.05) is 59.6 Å². The minimum atomic E-state index is -3.50. The number of aliphatic hydroxyl groups excluding tert-OH is 1. The number of likely N-dealkylation sites (N-methyl/N-ethyl adjacent to an activating group) is 4. The summed E-state index contributed by atoms with van der Waals surface area (Å²) in [6.07, 6.45) is 6.69. The number of anilines is 6. The molecule has 6 aliphatic rings. The van der Waals surface area contributed by atoms with Crippen molar-refractivity contribution in [2.75, 3.05) is 225 Å². The number of fused-ring (bicyclic) bond motifs is 8. The summed E-state index contributed by atoms with van der Waals surface area (Å²) in [5.41, 5.74) is 12.0. The molecule has 0 amide bonds. The monoisotopic (exact) mass is 1620 g/mol. The third-order valence-electron chi connectivity index (χ3n) is 22.4. The van der Waals surface area contributed by atoms with Crippen LogP contribution in [0.3, 0.4) is 0 Å². The maximum atomic E-state index is 13.2. The van der Waals surface area contributed by atoms with E-state index in [0.717, 1.165) is 139 Å². The van der Waals surface area contributed by atoms with Gasteiger partial charge < -0.3 is 46.7 Å². The molecule has 0 saturated carbocycles. The van der Waals surface area contributed by atoms with Gasteiger partial charge in [-0.15, -0.1) is 0 Å². The average molecular weight is 1620 g/mol. The van der Waals surface area contributed by atoms with Gasteiger partial charge in [0.2, 0.25) is 0 Å². The molecule has 0 aliphatic carbocycles. The Hall–Kier alpha value is -6.00. The van der Waals surface area contributed by atoms with Crippen LogP contribution in [0.2, 0.25) is 10.0 Å². The number of nitrogens with zero attached hydrogens (tertiary/aromatic N) is 11. The van der Waals surface area contributed by atoms with Gasteiger partial charge in [-0.1, -0.05) is 136 Å². The molecule has 1 N–H and O–H groups in total. The zero-order valence-electron chi connectivity index (χ0n) is 68.4. The summed E-state index contributed by atoms with van der Waals surface area (Å²) in [4.78, 5) is 22.0. The van der Waals surface area contributed by atoms with Crippen LogP contribution in [0, 0.1) is 6.07 Å². The maximum Gasteiger partial charge on any atom is 0.326 e. The highest BCUT2D eigenvalue weighted by Crippen LogP contribution is 2.54. The molecule has 14 rings (SSSR count). The molecule has 0 bridgehead atoms. The molecule has 8 aromatic carbocycles. The molecule has 8 aromatic rings. The molecule has 0 aromatic heterocycles. The number of halogens is 2. The number of benzene rings is 8. The van der Waals surface area contributed by atoms with Gasteiger partial charge in [0.05, 0.1) is 166 Å². The van der Waals surface area contributed by atoms with Crippen LogP contribution in [0.5, 0.6) is 0 Å². The van der Waals surface area contributed by atoms with Gasteiger partial charge in [-0.25, -0.2) is 3.89 Å². The van der Waals surface area contributed by atoms with Crippen molar-refractivity contribution < 1.29 is 44.3 Å². The Bertz CT molecular complexity index is 4790. The molecule has 0 atom stereocenters. The Labute approximate surface area is 686 Å². The third-order valence-corrected chi connectivity index (χ3v) is 29.7. The van der Waals surface area contributed by atoms with Crippen molar-refractivity contribution in [1.29, 1.82) is 0 Å². The van der Waals surface area contributed by atoms with Gasteiger partial charge >= 0.3 is 16.1 Å². The molecule has 2 fully saturated rings. The van der Waals surface area contributed by atoms with Gasteiger partial charge in [0.1, 0.15) is 69.4 Å². The van der Waals surface area contributed by atoms with E-state index in [2.05, 4.69) is 263 Å². The second-order valence-corrected chi connectivity index (χ2v) is 43.1. The molecule has 14 nitrogen and oxygen atoms in total. The van der Waals surface area contributed by atoms with Crippen molar-refractivity contribution in [3.63, 3.8) is 0 Å². The zero-order chi connectivity index (χ0) is 79.2. The number of piperazine rings is 2. The number of hydrogen-bond donors (Lipinski definition) is 1. The lowest BCUT2D eigenvalue weighted by Crippen LogP contribution is -2.64. The quantitative estimate of drug-likeness (QED) is 0.0792. The van der Waals surface area contributed by atoms with Crippen LogP contribution >= 0.6 is 70.2 Å². The Morgan fingerprint density at radius 3 is 1.46 bits per heavy atom. The van der Waals surface area contributed by atoms with Crippen LogP contribution in [0.1, 0.15) is 56.2 Å². The lowest BCUT2D eigenvalue weighted by atomic mass is 9.94. The summed E-state index contributed by atoms with van der Waals surface area (Å²) < 4.78 is 32.5. The SMILES string of the molecule is C[N+]#Cc1ccc2c(c1)N(C(C)(C)CC[N+](C)(C)C)c1ccccc1S2.C[N+](C)(C)CCCN1c2ccccc2Sc2ccc(Cl)cc21.C[N+]1(C)CC[N+](C)(CCCN2c3ccccc3Sc3ccc(Cl)cc32)CC1.C[N+]1(CCO)CC[N+](C)(CC/C=C2\c3ccccc3Sc3ccc(S(=O)(=O)[N+](C)(C)C)cc32)CC1. The van der Waals surface area contributed by atoms with Crippen molar-refractivity contribution >= 4 is 120 Å². The lowest BCUT2D eigenvalue weighted by Gasteiger charge is -2.46. The van der Waals surface area contributed by atoms with Crippen LogP contribution in [-0.2, 0) is 10.0 Å². The van der Waals surface area contributed by atoms with E-state index < -0.39 is 10.0 Å². The number of aliphatic hydroxyl groups is 1. The fourth-order valence-corrected chi connectivity index (χ4v) is 20.9. The second kappa shape index (κ2) is 35.0. The highest BCUT2D eigenvalue weighted by Gasteiger charge is 2.40. The minimum Gasteiger partial charge on any atom is -0.391 e. The first kappa shape index (κ1) is 84.9. The third kappa shape index (κ3) is 21.1. The van der Waals surface area contributed by atoms with Crippen LogP contribution in [0.25, 0.3) is 10.4 Å². The standard InChI is InChI=1S/C27H40N3O3S2.C22H30ClN3S.C22H29N3S.C18H22ClN2S/c1-28(2,3)35(32,33)22-12-13-27-25(21-22)23(24-9-6-7-11-26(24)34-27)10-8-14-29(4)15-17-30(5,18-16-29)19-20-31;1-25(2)13-15-26(3,16-14-25)12-6-11-24-19-7-4-5-8-21(19)27-22-10-9-18(23)17-20(22)24;1-22(2,13-14-25(4,5)6)24-18-9-7-8-10-20(18)26-21-12-11-17(16-23-3)15-19(21)24;1-21(2,3)12-6-11-20-15-7-4-5-8-17(15)22-18-10-9-14(19)13-16(18)20/h6-7,9-13,21,31H,8,14-20H2,1-5H3;4-5,7-10,17H,6,11-16H2,1-3H3;7-12,15H,13-14H2,1-6H3;4-5,7-10,13H,6,11-12H2,1-3H3/q+3;2*+2;+1/b23-10+;;;. The lowest BCUT2D eigenvalue weighted by molar-refractivity contribution is -1.02. The number of hydrogen-bond acceptors (Lipinski definition) is 10. The Morgan fingerprint density at radius 2 is 0.927 bits per heavy atom. The number of sulfonamides is 1. The van der Waals surface area contributed by atoms with Crippen LogP contribution in [0.15, 0.2) is 220 Å². The van der Waals surface area contributed by atoms with Gasteiger partial charge in [0, 0.05) is 93.5 Å². The van der Waals surface area contributed by atoms with E-state index in [1.165, 1.54) is 118 Å². The van der Waals surface area contributed by atoms with Crippen molar-refractivity contribution in [2.24, 2.45) is 0 Å². The first-order valence-corrected chi connectivity index (χ1v) is 44.3. The number of para-hydroxylation sites is 3. The van der Waals surface area contributed by atoms with Crippen molar-refractivity contribution in [3.05, 3.63) is 208 Å². The smallest absolute Gasteiger partial charge is 0.326 e. The van der Waals surface area contributed by atoms with Gasteiger partial charge in [-0.05, 0) is 146 Å². The van der Waals surface area contributed by atoms with Crippen molar-refractivity contribution in [1.82, 2.24) is 0 Å². The van der Waals surface area contributed by atoms with E-state index in [1.54, 1.807) is 46.0 Å². The molecule has 0 unspecified atom stereocenters. The number of quaternary nitrogens is 7. The summed E-state index contributed by atoms with van der Waals surface area (Å²) in [7, 11) is 28.6. The van der Waals surface area contributed by atoms with Crippen LogP contribution < -0.4 is 14.7 Å². The Balaban J connectivity index is 0.000000147. The largest absolute Gasteiger partial charge is 0.391 e. The highest BCUT2D eigenvalue weighted by molar-refractivity contribution is 8.00. The summed E-state index contributed by atoms with van der Waals surface area (Å²) in [5, 5.41) is 11.0. The summed E-state index contributed by atoms with van der Waals surface area (Å²) in [6.45, 7) is 21.9. The molecule has 6 aliphatic heterocycles. The minimum absolute atomic E-state index is 0.000651. The normalized spacial score (nSPS) is 19.1. The van der Waals surface area contributed by atoms with E-state index in [9.17, 15) is 13.5 Å². The van der Waals surface area contributed by atoms with Gasteiger partial charge in [0.15, 0.2) is 0 Å². The molecular formula is C89H121Cl2N11O3S5+8. The van der Waals surface area contributed by atoms with Gasteiger partial charge in [-0.2, -0.15) is 8.42 Å². The summed E-state index contributed by atoms with van der Waals surface area (Å²) in [5.74, 6) is 0. The molecule has 2 saturated heterocycles. The Kier molecular flexibility index (Phi) is 27.0. The van der Waals surface area contributed by atoms with Crippen LogP contribution in [-0.4, -0.2) is 260 Å². The van der Waals surface area contributed by atoms with Gasteiger partial charge in [-0.3, -0.25) is 0 Å². The van der Waals surface area contributed by atoms with E-state index >= 15 is 0 Å². The Morgan fingerprint density at radius 1 is 0.491 bits per heavy atom. The molecule has 21 heteroatoms. The van der Waals surface area contributed by atoms with Crippen molar-refractivity contribution in [2.45, 2.75) is 89.1 Å². The topological polar surface area (TPSA) is 68.5 Å². The maximum absolute atomic E-state index is 13.2. The van der Waals surface area contributed by atoms with E-state index in [0.29, 0.717) is 4.90 Å². The summed E-state index contributed by atoms with van der Waals surface area (Å²) >= 11 is 19.8. The molecule has 6 heterocycles. The second-order valence-electron chi connectivity index (χ2n) is 35.4. The fraction of sp³-hybridized carbons (Fsp3) is 0.427. The van der Waals surface area contributed by atoms with Crippen molar-refractivity contribution in [3.8, 4) is 6.07 Å². The zero-order valence-corrected chi connectivity index (χ0v) is 74.0. The molecule has 0 radical (unpaired) electrons.